The van der Waals surface area contributed by atoms with Crippen molar-refractivity contribution in [3.63, 3.8) is 0 Å². The van der Waals surface area contributed by atoms with Crippen LogP contribution in [0.2, 0.25) is 5.02 Å². The van der Waals surface area contributed by atoms with Crippen molar-refractivity contribution in [2.24, 2.45) is 11.6 Å². The number of hydrazine groups is 1. The molecular weight excluding hydrogens is 209 g/mol. The van der Waals surface area contributed by atoms with Crippen LogP contribution >= 0.6 is 11.6 Å². The van der Waals surface area contributed by atoms with Crippen LogP contribution in [0.25, 0.3) is 0 Å². The minimum atomic E-state index is -0.946. The van der Waals surface area contributed by atoms with Gasteiger partial charge in [-0.05, 0) is 17.7 Å². The molecule has 0 aliphatic carbocycles. The van der Waals surface area contributed by atoms with Crippen LogP contribution in [0.5, 0.6) is 0 Å². The number of halogens is 2. The van der Waals surface area contributed by atoms with Crippen LogP contribution in [0.4, 0.5) is 4.39 Å². The number of nitrogens with two attached hydrogens (primary N) is 2. The zero-order valence-electron chi connectivity index (χ0n) is 7.13. The number of nitrogens with one attached hydrogen (secondary N) is 1. The van der Waals surface area contributed by atoms with E-state index in [1.165, 1.54) is 12.1 Å². The van der Waals surface area contributed by atoms with E-state index in [0.29, 0.717) is 5.56 Å². The first-order chi connectivity index (χ1) is 6.56. The molecule has 1 amide bonds. The summed E-state index contributed by atoms with van der Waals surface area (Å²) in [6, 6.07) is 2.86. The first-order valence-corrected chi connectivity index (χ1v) is 4.15. The highest BCUT2D eigenvalue weighted by Gasteiger charge is 2.15. The smallest absolute Gasteiger partial charge is 0.255 e. The van der Waals surface area contributed by atoms with Gasteiger partial charge in [-0.2, -0.15) is 0 Å². The zero-order chi connectivity index (χ0) is 10.7. The molecule has 1 aromatic rings. The van der Waals surface area contributed by atoms with Crippen LogP contribution in [0.1, 0.15) is 11.6 Å². The van der Waals surface area contributed by atoms with E-state index in [1.54, 1.807) is 0 Å². The third-order valence-corrected chi connectivity index (χ3v) is 2.02. The summed E-state index contributed by atoms with van der Waals surface area (Å²) < 4.78 is 12.7. The quantitative estimate of drug-likeness (QED) is 0.383. The molecule has 0 bridgehead atoms. The van der Waals surface area contributed by atoms with E-state index in [4.69, 9.17) is 23.2 Å². The van der Waals surface area contributed by atoms with Crippen LogP contribution in [-0.2, 0) is 4.79 Å². The van der Waals surface area contributed by atoms with Gasteiger partial charge in [0.15, 0.2) is 0 Å². The minimum absolute atomic E-state index is 0.0808. The topological polar surface area (TPSA) is 81.1 Å². The second-order valence-corrected chi connectivity index (χ2v) is 3.07. The maximum atomic E-state index is 12.7. The Morgan fingerprint density at radius 3 is 2.71 bits per heavy atom. The van der Waals surface area contributed by atoms with Crippen LogP contribution in [0, 0.1) is 5.82 Å². The molecule has 0 aliphatic heterocycles. The number of benzene rings is 1. The van der Waals surface area contributed by atoms with Gasteiger partial charge >= 0.3 is 0 Å². The van der Waals surface area contributed by atoms with E-state index in [9.17, 15) is 9.18 Å². The minimum Gasteiger partial charge on any atom is -0.316 e. The van der Waals surface area contributed by atoms with Crippen molar-refractivity contribution in [2.75, 3.05) is 0 Å². The molecular formula is C8H9ClFN3O. The summed E-state index contributed by atoms with van der Waals surface area (Å²) in [7, 11) is 0. The molecule has 0 fully saturated rings. The van der Waals surface area contributed by atoms with E-state index in [1.807, 2.05) is 5.43 Å². The fraction of sp³-hybridized carbons (Fsp3) is 0.125. The number of rotatable bonds is 2. The van der Waals surface area contributed by atoms with Crippen LogP contribution in [0.3, 0.4) is 0 Å². The Morgan fingerprint density at radius 2 is 2.21 bits per heavy atom. The molecule has 6 heteroatoms. The maximum Gasteiger partial charge on any atom is 0.255 e. The standard InChI is InChI=1S/C8H9ClFN3O/c9-5-3-4(1-2-6(5)10)7(11)8(14)13-12/h1-3,7H,11-12H2,(H,13,14). The fourth-order valence-electron chi connectivity index (χ4n) is 0.947. The summed E-state index contributed by atoms with van der Waals surface area (Å²) in [5.74, 6) is 3.77. The Morgan fingerprint density at radius 1 is 1.57 bits per heavy atom. The number of carbonyl (C=O) groups excluding carboxylic acids is 1. The van der Waals surface area contributed by atoms with Crippen molar-refractivity contribution in [2.45, 2.75) is 6.04 Å². The second-order valence-electron chi connectivity index (χ2n) is 2.66. The molecule has 0 spiro atoms. The van der Waals surface area contributed by atoms with Gasteiger partial charge in [0.2, 0.25) is 0 Å². The van der Waals surface area contributed by atoms with Crippen molar-refractivity contribution in [3.8, 4) is 0 Å². The van der Waals surface area contributed by atoms with E-state index < -0.39 is 17.8 Å². The summed E-state index contributed by atoms with van der Waals surface area (Å²) in [5, 5.41) is -0.0808. The van der Waals surface area contributed by atoms with Crippen LogP contribution < -0.4 is 17.0 Å². The van der Waals surface area contributed by atoms with E-state index in [0.717, 1.165) is 6.07 Å². The van der Waals surface area contributed by atoms with E-state index >= 15 is 0 Å². The molecule has 4 nitrogen and oxygen atoms in total. The van der Waals surface area contributed by atoms with Gasteiger partial charge in [0, 0.05) is 0 Å². The largest absolute Gasteiger partial charge is 0.316 e. The Bertz CT molecular complexity index is 358. The molecule has 5 N–H and O–H groups in total. The van der Waals surface area contributed by atoms with Gasteiger partial charge in [0.05, 0.1) is 5.02 Å². The number of amides is 1. The van der Waals surface area contributed by atoms with Crippen molar-refractivity contribution in [3.05, 3.63) is 34.6 Å². The molecule has 0 heterocycles. The van der Waals surface area contributed by atoms with Gasteiger partial charge in [-0.1, -0.05) is 17.7 Å². The highest BCUT2D eigenvalue weighted by Crippen LogP contribution is 2.19. The average Bonchev–Trinajstić information content (AvgIpc) is 2.20. The van der Waals surface area contributed by atoms with Crippen molar-refractivity contribution in [1.29, 1.82) is 0 Å². The first-order valence-electron chi connectivity index (χ1n) is 3.77. The Hall–Kier alpha value is -1.17. The second kappa shape index (κ2) is 4.36. The Kier molecular flexibility index (Phi) is 3.40. The van der Waals surface area contributed by atoms with Gasteiger partial charge in [-0.15, -0.1) is 0 Å². The normalized spacial score (nSPS) is 12.3. The predicted octanol–water partition coefficient (Wildman–Crippen LogP) is 0.469. The third-order valence-electron chi connectivity index (χ3n) is 1.73. The maximum absolute atomic E-state index is 12.7. The molecule has 0 radical (unpaired) electrons. The molecule has 1 unspecified atom stereocenters. The van der Waals surface area contributed by atoms with Gasteiger partial charge in [0.1, 0.15) is 11.9 Å². The molecule has 1 atom stereocenters. The molecule has 0 saturated heterocycles. The van der Waals surface area contributed by atoms with Gasteiger partial charge in [0.25, 0.3) is 5.91 Å². The van der Waals surface area contributed by atoms with E-state index in [-0.39, 0.29) is 5.02 Å². The lowest BCUT2D eigenvalue weighted by Crippen LogP contribution is -2.38. The number of hydrogen-bond acceptors (Lipinski definition) is 3. The highest BCUT2D eigenvalue weighted by atomic mass is 35.5. The lowest BCUT2D eigenvalue weighted by Gasteiger charge is -2.10. The van der Waals surface area contributed by atoms with Gasteiger partial charge in [-0.25, -0.2) is 10.2 Å². The number of hydrogen-bond donors (Lipinski definition) is 3. The van der Waals surface area contributed by atoms with Crippen LogP contribution in [-0.4, -0.2) is 5.91 Å². The summed E-state index contributed by atoms with van der Waals surface area (Å²) in [6.45, 7) is 0. The fourth-order valence-corrected chi connectivity index (χ4v) is 1.14. The Balaban J connectivity index is 2.96. The molecule has 1 aromatic carbocycles. The average molecular weight is 218 g/mol. The number of carbonyl (C=O) groups is 1. The van der Waals surface area contributed by atoms with Crippen molar-refractivity contribution in [1.82, 2.24) is 5.43 Å². The summed E-state index contributed by atoms with van der Waals surface area (Å²) >= 11 is 5.51. The van der Waals surface area contributed by atoms with Crippen LogP contribution in [0.15, 0.2) is 18.2 Å². The lowest BCUT2D eigenvalue weighted by atomic mass is 10.1. The monoisotopic (exact) mass is 217 g/mol. The molecule has 0 saturated carbocycles. The molecule has 14 heavy (non-hydrogen) atoms. The van der Waals surface area contributed by atoms with E-state index in [2.05, 4.69) is 0 Å². The zero-order valence-corrected chi connectivity index (χ0v) is 7.88. The Labute approximate surface area is 85.0 Å². The SMILES string of the molecule is NNC(=O)C(N)c1ccc(F)c(Cl)c1. The van der Waals surface area contributed by atoms with Gasteiger partial charge in [-0.3, -0.25) is 10.2 Å². The lowest BCUT2D eigenvalue weighted by molar-refractivity contribution is -0.122. The van der Waals surface area contributed by atoms with Crippen molar-refractivity contribution < 1.29 is 9.18 Å². The van der Waals surface area contributed by atoms with Gasteiger partial charge < -0.3 is 5.73 Å². The molecule has 76 valence electrons. The highest BCUT2D eigenvalue weighted by molar-refractivity contribution is 6.30. The summed E-state index contributed by atoms with van der Waals surface area (Å²) in [4.78, 5) is 11.0. The third kappa shape index (κ3) is 2.20. The molecule has 0 aromatic heterocycles. The summed E-state index contributed by atoms with van der Waals surface area (Å²) in [6.07, 6.45) is 0. The predicted molar refractivity (Wildman–Crippen MR) is 50.7 cm³/mol. The first kappa shape index (κ1) is 10.9. The van der Waals surface area contributed by atoms with Crippen molar-refractivity contribution >= 4 is 17.5 Å². The molecule has 1 rings (SSSR count). The summed E-state index contributed by atoms with van der Waals surface area (Å²) in [5.41, 5.74) is 7.79. The molecule has 0 aliphatic rings.